The smallest absolute Gasteiger partial charge is 0.303 e. The Kier molecular flexibility index (Phi) is 6.65. The number of amides is 1. The van der Waals surface area contributed by atoms with Gasteiger partial charge in [-0.3, -0.25) is 14.4 Å². The van der Waals surface area contributed by atoms with Crippen LogP contribution in [0.25, 0.3) is 0 Å². The molecule has 2 fully saturated rings. The minimum Gasteiger partial charge on any atom is -0.458 e. The number of fused-ring (bicyclic) bond motifs is 1. The number of ketones is 1. The molecule has 2 saturated heterocycles. The van der Waals surface area contributed by atoms with Crippen LogP contribution in [0.15, 0.2) is 53.6 Å². The van der Waals surface area contributed by atoms with Crippen molar-refractivity contribution in [3.05, 3.63) is 59.2 Å². The number of rotatable bonds is 3. The number of Topliss-reactive ketones (excluding diaryl/α,β-unsaturated/α-hetero) is 1. The zero-order valence-corrected chi connectivity index (χ0v) is 22.5. The lowest BCUT2D eigenvalue weighted by Gasteiger charge is -2.50. The average molecular weight is 524 g/mol. The molecule has 2 aliphatic heterocycles. The summed E-state index contributed by atoms with van der Waals surface area (Å²) in [6.07, 6.45) is 0.510. The summed E-state index contributed by atoms with van der Waals surface area (Å²) in [7, 11) is 0. The number of carbonyl (C=O) groups excluding carboxylic acids is 3. The third-order valence-electron chi connectivity index (χ3n) is 9.27. The number of hydrogen-bond donors (Lipinski definition) is 3. The van der Waals surface area contributed by atoms with Gasteiger partial charge >= 0.3 is 5.97 Å². The van der Waals surface area contributed by atoms with E-state index in [9.17, 15) is 24.6 Å². The predicted molar refractivity (Wildman–Crippen MR) is 139 cm³/mol. The largest absolute Gasteiger partial charge is 0.458 e. The van der Waals surface area contributed by atoms with Crippen molar-refractivity contribution in [1.29, 1.82) is 0 Å². The summed E-state index contributed by atoms with van der Waals surface area (Å²) in [6, 6.07) is 9.51. The third kappa shape index (κ3) is 3.96. The first-order valence-corrected chi connectivity index (χ1v) is 13.4. The quantitative estimate of drug-likeness (QED) is 0.315. The Hall–Kier alpha value is -2.81. The van der Waals surface area contributed by atoms with Crippen molar-refractivity contribution in [2.75, 3.05) is 0 Å². The van der Waals surface area contributed by atoms with Crippen LogP contribution in [0, 0.1) is 23.2 Å². The monoisotopic (exact) mass is 523 g/mol. The summed E-state index contributed by atoms with van der Waals surface area (Å²) in [5.41, 5.74) is -0.550. The van der Waals surface area contributed by atoms with Crippen LogP contribution in [0.3, 0.4) is 0 Å². The van der Waals surface area contributed by atoms with Crippen LogP contribution in [0.4, 0.5) is 0 Å². The Morgan fingerprint density at radius 2 is 1.87 bits per heavy atom. The summed E-state index contributed by atoms with van der Waals surface area (Å²) >= 11 is 0. The number of nitrogens with one attached hydrogen (secondary N) is 1. The minimum absolute atomic E-state index is 0.325. The number of aliphatic hydroxyl groups excluding tert-OH is 1. The van der Waals surface area contributed by atoms with Gasteiger partial charge in [0.15, 0.2) is 5.78 Å². The molecule has 0 bridgehead atoms. The lowest BCUT2D eigenvalue weighted by atomic mass is 9.53. The fraction of sp³-hybridized carbons (Fsp3) is 0.567. The summed E-state index contributed by atoms with van der Waals surface area (Å²) < 4.78 is 11.9. The molecule has 1 aromatic rings. The molecule has 0 unspecified atom stereocenters. The number of allylic oxidation sites excluding steroid dienone is 1. The Bertz CT molecular complexity index is 1200. The average Bonchev–Trinajstić information content (AvgIpc) is 3.62. The van der Waals surface area contributed by atoms with Gasteiger partial charge in [0.05, 0.1) is 6.10 Å². The molecule has 5 rings (SSSR count). The maximum Gasteiger partial charge on any atom is 0.303 e. The van der Waals surface area contributed by atoms with Gasteiger partial charge in [0.2, 0.25) is 5.91 Å². The maximum absolute atomic E-state index is 14.3. The second kappa shape index (κ2) is 9.43. The molecule has 2 heterocycles. The highest BCUT2D eigenvalue weighted by Crippen LogP contribution is 2.60. The second-order valence-corrected chi connectivity index (χ2v) is 11.6. The highest BCUT2D eigenvalue weighted by molar-refractivity contribution is 5.91. The van der Waals surface area contributed by atoms with Crippen LogP contribution < -0.4 is 5.32 Å². The molecule has 204 valence electrons. The van der Waals surface area contributed by atoms with E-state index in [2.05, 4.69) is 5.32 Å². The molecule has 1 spiro atoms. The van der Waals surface area contributed by atoms with Crippen LogP contribution in [0.5, 0.6) is 0 Å². The number of epoxide rings is 1. The van der Waals surface area contributed by atoms with Crippen LogP contribution in [-0.2, 0) is 30.3 Å². The number of benzene rings is 1. The molecular weight excluding hydrogens is 486 g/mol. The number of ether oxygens (including phenoxy) is 2. The molecule has 38 heavy (non-hydrogen) atoms. The van der Waals surface area contributed by atoms with Crippen molar-refractivity contribution in [2.45, 2.75) is 83.5 Å². The molecule has 10 atom stereocenters. The van der Waals surface area contributed by atoms with Gasteiger partial charge < -0.3 is 25.0 Å². The van der Waals surface area contributed by atoms with Gasteiger partial charge in [-0.05, 0) is 44.7 Å². The van der Waals surface area contributed by atoms with Crippen LogP contribution in [0.1, 0.15) is 46.6 Å². The predicted octanol–water partition coefficient (Wildman–Crippen LogP) is 2.27. The summed E-state index contributed by atoms with van der Waals surface area (Å²) in [6.45, 7) is 8.23. The van der Waals surface area contributed by atoms with E-state index in [-0.39, 0.29) is 17.7 Å². The van der Waals surface area contributed by atoms with E-state index < -0.39 is 59.2 Å². The van der Waals surface area contributed by atoms with Gasteiger partial charge in [-0.15, -0.1) is 0 Å². The third-order valence-corrected chi connectivity index (χ3v) is 9.27. The van der Waals surface area contributed by atoms with E-state index in [1.165, 1.54) is 13.8 Å². The molecule has 2 aliphatic carbocycles. The molecule has 0 aromatic heterocycles. The molecule has 0 radical (unpaired) electrons. The highest BCUT2D eigenvalue weighted by atomic mass is 16.6. The van der Waals surface area contributed by atoms with Crippen LogP contribution >= 0.6 is 0 Å². The van der Waals surface area contributed by atoms with E-state index in [1.807, 2.05) is 44.2 Å². The Labute approximate surface area is 223 Å². The lowest BCUT2D eigenvalue weighted by Crippen LogP contribution is -2.60. The first-order chi connectivity index (χ1) is 17.9. The van der Waals surface area contributed by atoms with Crippen molar-refractivity contribution < 1.29 is 34.1 Å². The first kappa shape index (κ1) is 26.8. The molecule has 8 nitrogen and oxygen atoms in total. The van der Waals surface area contributed by atoms with E-state index >= 15 is 0 Å². The van der Waals surface area contributed by atoms with Gasteiger partial charge in [-0.1, -0.05) is 55.0 Å². The van der Waals surface area contributed by atoms with E-state index in [0.29, 0.717) is 12.8 Å². The number of hydrogen-bond acceptors (Lipinski definition) is 7. The molecule has 1 amide bonds. The Morgan fingerprint density at radius 1 is 1.18 bits per heavy atom. The Balaban J connectivity index is 1.72. The molecule has 0 saturated carbocycles. The number of aliphatic hydroxyl groups is 2. The zero-order valence-electron chi connectivity index (χ0n) is 22.5. The fourth-order valence-electron chi connectivity index (χ4n) is 7.27. The van der Waals surface area contributed by atoms with Gasteiger partial charge in [0, 0.05) is 30.7 Å². The standard InChI is InChI=1S/C30H37NO7/c1-15-10-9-13-20-23(33)17(3)16(2)22-21(14-19-11-7-6-8-12-19)31-28(35)30(20,22)27(37-18(4)32)24-26(38-24)29(5,36)25(15)34/h6-9,11-13,15,20-24,26-27,33,36H,10,14H2,1-5H3,(H,31,35)/b13-9+/t15-,20-,21-,22-,23+,24+,26-,27+,29-,30-/m0/s1. The topological polar surface area (TPSA) is 125 Å². The van der Waals surface area contributed by atoms with Crippen molar-refractivity contribution in [3.8, 4) is 0 Å². The number of esters is 1. The SMILES string of the molecule is CC(=O)O[C@@H]1[C@@H]2O[C@@H]2[C@@](C)(O)C(=O)[C@@H](C)C/C=C/[C@H]2[C@H](O)C(C)=C(C)[C@H]3[C@H](Cc4ccccc4)NC(=O)[C@@]123. The van der Waals surface area contributed by atoms with Gasteiger partial charge in [-0.2, -0.15) is 0 Å². The lowest BCUT2D eigenvalue weighted by molar-refractivity contribution is -0.169. The summed E-state index contributed by atoms with van der Waals surface area (Å²) in [5, 5.41) is 26.1. The molecule has 8 heteroatoms. The fourth-order valence-corrected chi connectivity index (χ4v) is 7.27. The zero-order chi connectivity index (χ0) is 27.6. The maximum atomic E-state index is 14.3. The molecule has 1 aromatic carbocycles. The van der Waals surface area contributed by atoms with Crippen LogP contribution in [-0.4, -0.2) is 63.9 Å². The van der Waals surface area contributed by atoms with Gasteiger partial charge in [0.1, 0.15) is 29.3 Å². The summed E-state index contributed by atoms with van der Waals surface area (Å²) in [4.78, 5) is 40.0. The highest BCUT2D eigenvalue weighted by Gasteiger charge is 2.73. The number of carbonyl (C=O) groups is 3. The Morgan fingerprint density at radius 3 is 2.53 bits per heavy atom. The van der Waals surface area contributed by atoms with Crippen molar-refractivity contribution in [1.82, 2.24) is 5.32 Å². The van der Waals surface area contributed by atoms with Crippen molar-refractivity contribution in [2.24, 2.45) is 23.2 Å². The normalized spacial score (nSPS) is 43.2. The minimum atomic E-state index is -1.82. The van der Waals surface area contributed by atoms with E-state index in [4.69, 9.17) is 9.47 Å². The van der Waals surface area contributed by atoms with E-state index in [0.717, 1.165) is 16.7 Å². The summed E-state index contributed by atoms with van der Waals surface area (Å²) in [5.74, 6) is -2.99. The molecular formula is C30H37NO7. The molecule has 4 aliphatic rings. The molecule has 3 N–H and O–H groups in total. The van der Waals surface area contributed by atoms with Gasteiger partial charge in [0.25, 0.3) is 0 Å². The van der Waals surface area contributed by atoms with Gasteiger partial charge in [-0.25, -0.2) is 0 Å². The second-order valence-electron chi connectivity index (χ2n) is 11.6. The van der Waals surface area contributed by atoms with E-state index in [1.54, 1.807) is 19.1 Å². The first-order valence-electron chi connectivity index (χ1n) is 13.4. The van der Waals surface area contributed by atoms with Crippen molar-refractivity contribution in [3.63, 3.8) is 0 Å². The van der Waals surface area contributed by atoms with Crippen LogP contribution in [0.2, 0.25) is 0 Å². The van der Waals surface area contributed by atoms with Crippen molar-refractivity contribution >= 4 is 17.7 Å².